The molecule has 1 aliphatic heterocycles. The van der Waals surface area contributed by atoms with Crippen molar-refractivity contribution in [3.8, 4) is 0 Å². The Bertz CT molecular complexity index is 349. The summed E-state index contributed by atoms with van der Waals surface area (Å²) in [6, 6.07) is 0. The van der Waals surface area contributed by atoms with E-state index in [0.29, 0.717) is 12.0 Å². The Balaban J connectivity index is 2.19. The van der Waals surface area contributed by atoms with E-state index in [1.165, 1.54) is 22.1 Å². The highest BCUT2D eigenvalue weighted by Gasteiger charge is 2.31. The topological polar surface area (TPSA) is 42.2 Å². The lowest BCUT2D eigenvalue weighted by molar-refractivity contribution is 0.418. The monoisotopic (exact) mass is 239 g/mol. The van der Waals surface area contributed by atoms with Crippen molar-refractivity contribution in [2.24, 2.45) is 11.1 Å². The predicted octanol–water partition coefficient (Wildman–Crippen LogP) is 2.40. The van der Waals surface area contributed by atoms with Gasteiger partial charge in [-0.25, -0.2) is 4.98 Å². The second-order valence-electron chi connectivity index (χ2n) is 5.26. The molecule has 0 aliphatic carbocycles. The molecule has 0 unspecified atom stereocenters. The number of hydrogen-bond acceptors (Lipinski definition) is 4. The number of rotatable bonds is 3. The van der Waals surface area contributed by atoms with Crippen molar-refractivity contribution in [2.75, 3.05) is 18.0 Å². The van der Waals surface area contributed by atoms with Crippen LogP contribution in [0.5, 0.6) is 0 Å². The Hall–Kier alpha value is -0.610. The van der Waals surface area contributed by atoms with Crippen molar-refractivity contribution in [3.63, 3.8) is 0 Å². The Labute approximate surface area is 102 Å². The smallest absolute Gasteiger partial charge is 0.185 e. The second kappa shape index (κ2) is 4.34. The summed E-state index contributed by atoms with van der Waals surface area (Å²) in [5.41, 5.74) is 7.36. The van der Waals surface area contributed by atoms with E-state index in [1.54, 1.807) is 11.3 Å². The summed E-state index contributed by atoms with van der Waals surface area (Å²) in [6.45, 7) is 9.67. The van der Waals surface area contributed by atoms with Crippen LogP contribution in [0.4, 0.5) is 5.13 Å². The third-order valence-corrected chi connectivity index (χ3v) is 4.42. The lowest BCUT2D eigenvalue weighted by Crippen LogP contribution is -2.22. The minimum atomic E-state index is 0.431. The van der Waals surface area contributed by atoms with E-state index in [-0.39, 0.29) is 0 Å². The zero-order valence-corrected chi connectivity index (χ0v) is 11.2. The lowest BCUT2D eigenvalue weighted by Gasteiger charge is -2.18. The van der Waals surface area contributed by atoms with Gasteiger partial charge in [-0.05, 0) is 18.3 Å². The summed E-state index contributed by atoms with van der Waals surface area (Å²) in [6.07, 6.45) is 2.24. The van der Waals surface area contributed by atoms with Gasteiger partial charge in [0, 0.05) is 24.5 Å². The molecular weight excluding hydrogens is 218 g/mol. The maximum absolute atomic E-state index is 5.74. The molecule has 1 aromatic heterocycles. The third kappa shape index (κ3) is 2.23. The van der Waals surface area contributed by atoms with Crippen LogP contribution in [0.2, 0.25) is 0 Å². The number of thiazole rings is 1. The molecule has 4 heteroatoms. The van der Waals surface area contributed by atoms with Gasteiger partial charge in [0.05, 0.1) is 5.69 Å². The van der Waals surface area contributed by atoms with Crippen molar-refractivity contribution in [2.45, 2.75) is 40.2 Å². The fourth-order valence-electron chi connectivity index (χ4n) is 2.22. The molecule has 0 saturated carbocycles. The second-order valence-corrected chi connectivity index (χ2v) is 6.32. The van der Waals surface area contributed by atoms with Crippen molar-refractivity contribution in [1.29, 1.82) is 0 Å². The van der Waals surface area contributed by atoms with Crippen LogP contribution in [0, 0.1) is 5.41 Å². The minimum absolute atomic E-state index is 0.431. The van der Waals surface area contributed by atoms with E-state index in [4.69, 9.17) is 10.7 Å². The van der Waals surface area contributed by atoms with Crippen LogP contribution >= 0.6 is 11.3 Å². The van der Waals surface area contributed by atoms with Crippen LogP contribution < -0.4 is 10.6 Å². The minimum Gasteiger partial charge on any atom is -0.348 e. The molecule has 1 aliphatic rings. The third-order valence-electron chi connectivity index (χ3n) is 3.24. The van der Waals surface area contributed by atoms with Gasteiger partial charge in [0.1, 0.15) is 0 Å². The molecule has 0 bridgehead atoms. The van der Waals surface area contributed by atoms with Crippen LogP contribution in [0.15, 0.2) is 0 Å². The number of aromatic nitrogens is 1. The summed E-state index contributed by atoms with van der Waals surface area (Å²) in [4.78, 5) is 8.37. The number of anilines is 1. The summed E-state index contributed by atoms with van der Waals surface area (Å²) >= 11 is 1.77. The van der Waals surface area contributed by atoms with Gasteiger partial charge in [-0.1, -0.05) is 20.8 Å². The molecule has 0 radical (unpaired) electrons. The number of nitrogens with zero attached hydrogens (tertiary/aromatic N) is 2. The van der Waals surface area contributed by atoms with Gasteiger partial charge in [0.25, 0.3) is 0 Å². The van der Waals surface area contributed by atoms with Crippen LogP contribution in [-0.4, -0.2) is 18.1 Å². The molecule has 2 heterocycles. The SMILES string of the molecule is CCc1nc(N2CCC(C)(C)C2)sc1CN. The van der Waals surface area contributed by atoms with Crippen LogP contribution in [0.3, 0.4) is 0 Å². The summed E-state index contributed by atoms with van der Waals surface area (Å²) in [5, 5.41) is 1.17. The zero-order valence-electron chi connectivity index (χ0n) is 10.4. The standard InChI is InChI=1S/C12H21N3S/c1-4-9-10(7-13)16-11(14-9)15-6-5-12(2,3)8-15/h4-8,13H2,1-3H3. The summed E-state index contributed by atoms with van der Waals surface area (Å²) < 4.78 is 0. The molecule has 2 rings (SSSR count). The van der Waals surface area contributed by atoms with Gasteiger partial charge in [-0.2, -0.15) is 0 Å². The van der Waals surface area contributed by atoms with E-state index in [2.05, 4.69) is 25.7 Å². The van der Waals surface area contributed by atoms with Crippen molar-refractivity contribution >= 4 is 16.5 Å². The Morgan fingerprint density at radius 2 is 2.25 bits per heavy atom. The largest absolute Gasteiger partial charge is 0.348 e. The molecule has 16 heavy (non-hydrogen) atoms. The first-order chi connectivity index (χ1) is 7.55. The molecule has 0 atom stereocenters. The fourth-order valence-corrected chi connectivity index (χ4v) is 3.27. The summed E-state index contributed by atoms with van der Waals surface area (Å²) in [7, 11) is 0. The number of nitrogens with two attached hydrogens (primary N) is 1. The highest BCUT2D eigenvalue weighted by molar-refractivity contribution is 7.15. The molecule has 1 saturated heterocycles. The average molecular weight is 239 g/mol. The van der Waals surface area contributed by atoms with E-state index >= 15 is 0 Å². The first-order valence-corrected chi connectivity index (χ1v) is 6.81. The van der Waals surface area contributed by atoms with E-state index in [1.807, 2.05) is 0 Å². The van der Waals surface area contributed by atoms with Gasteiger partial charge in [0.15, 0.2) is 5.13 Å². The highest BCUT2D eigenvalue weighted by Crippen LogP contribution is 2.35. The van der Waals surface area contributed by atoms with Crippen molar-refractivity contribution in [1.82, 2.24) is 4.98 Å². The molecule has 2 N–H and O–H groups in total. The van der Waals surface area contributed by atoms with Gasteiger partial charge in [0.2, 0.25) is 0 Å². The average Bonchev–Trinajstić information content (AvgIpc) is 2.80. The fraction of sp³-hybridized carbons (Fsp3) is 0.750. The Morgan fingerprint density at radius 3 is 2.69 bits per heavy atom. The number of aryl methyl sites for hydroxylation is 1. The molecule has 0 amide bonds. The molecule has 0 spiro atoms. The Kier molecular flexibility index (Phi) is 3.22. The van der Waals surface area contributed by atoms with E-state index in [9.17, 15) is 0 Å². The van der Waals surface area contributed by atoms with Crippen molar-refractivity contribution < 1.29 is 0 Å². The van der Waals surface area contributed by atoms with E-state index < -0.39 is 0 Å². The molecule has 3 nitrogen and oxygen atoms in total. The molecule has 90 valence electrons. The van der Waals surface area contributed by atoms with Crippen LogP contribution in [0.25, 0.3) is 0 Å². The molecule has 1 aromatic rings. The maximum atomic E-state index is 5.74. The maximum Gasteiger partial charge on any atom is 0.185 e. The normalized spacial score (nSPS) is 19.4. The first-order valence-electron chi connectivity index (χ1n) is 5.99. The summed E-state index contributed by atoms with van der Waals surface area (Å²) in [5.74, 6) is 0. The van der Waals surface area contributed by atoms with Gasteiger partial charge < -0.3 is 10.6 Å². The zero-order chi connectivity index (χ0) is 11.8. The van der Waals surface area contributed by atoms with Gasteiger partial charge in [-0.15, -0.1) is 11.3 Å². The molecule has 0 aromatic carbocycles. The van der Waals surface area contributed by atoms with Gasteiger partial charge in [-0.3, -0.25) is 0 Å². The predicted molar refractivity (Wildman–Crippen MR) is 70.0 cm³/mol. The lowest BCUT2D eigenvalue weighted by atomic mass is 9.93. The van der Waals surface area contributed by atoms with Crippen LogP contribution in [-0.2, 0) is 13.0 Å². The van der Waals surface area contributed by atoms with Crippen LogP contribution in [0.1, 0.15) is 37.8 Å². The van der Waals surface area contributed by atoms with Gasteiger partial charge >= 0.3 is 0 Å². The Morgan fingerprint density at radius 1 is 1.50 bits per heavy atom. The quantitative estimate of drug-likeness (QED) is 0.880. The molecule has 1 fully saturated rings. The van der Waals surface area contributed by atoms with Crippen molar-refractivity contribution in [3.05, 3.63) is 10.6 Å². The highest BCUT2D eigenvalue weighted by atomic mass is 32.1. The van der Waals surface area contributed by atoms with E-state index in [0.717, 1.165) is 19.5 Å². The molecular formula is C12H21N3S. The number of hydrogen-bond donors (Lipinski definition) is 1. The first kappa shape index (κ1) is 11.9.